The number of aromatic nitrogens is 2. The van der Waals surface area contributed by atoms with E-state index >= 15 is 0 Å². The van der Waals surface area contributed by atoms with Gasteiger partial charge in [-0.15, -0.1) is 0 Å². The first-order chi connectivity index (χ1) is 22.1. The van der Waals surface area contributed by atoms with E-state index in [1.165, 1.54) is 0 Å². The summed E-state index contributed by atoms with van der Waals surface area (Å²) in [6.07, 6.45) is 5.09. The second-order valence-electron chi connectivity index (χ2n) is 10.1. The normalized spacial score (nSPS) is 14.0. The summed E-state index contributed by atoms with van der Waals surface area (Å²) in [5.74, 6) is -2.97. The summed E-state index contributed by atoms with van der Waals surface area (Å²) in [6, 6.07) is 27.1. The standard InChI is InChI=1S/C32H24N6O.C2HF3O2/c33-16-13-30(38-21-26(20-36-38)31-28-14-17-34-29(28)15-18-35-31)24-7-4-8-25(19-24)32(39)37-27-11-9-23(10-12-27)22-5-2-1-3-6-22;3-2(4,5)1(6)7/h1-12,14,17-21,30H,13,15H2,(H,37,39);(H,6,7). The summed E-state index contributed by atoms with van der Waals surface area (Å²) < 4.78 is 33.5. The van der Waals surface area contributed by atoms with Gasteiger partial charge < -0.3 is 10.4 Å². The van der Waals surface area contributed by atoms with Gasteiger partial charge in [0.15, 0.2) is 0 Å². The lowest BCUT2D eigenvalue weighted by Gasteiger charge is -2.16. The highest BCUT2D eigenvalue weighted by Crippen LogP contribution is 2.30. The summed E-state index contributed by atoms with van der Waals surface area (Å²) in [5.41, 5.74) is 7.92. The van der Waals surface area contributed by atoms with Gasteiger partial charge in [0.2, 0.25) is 0 Å². The minimum Gasteiger partial charge on any atom is -0.475 e. The van der Waals surface area contributed by atoms with E-state index in [0.717, 1.165) is 39.2 Å². The number of hydrogen-bond acceptors (Lipinski definition) is 6. The van der Waals surface area contributed by atoms with Gasteiger partial charge in [-0.25, -0.2) is 4.79 Å². The molecule has 12 heteroatoms. The first kappa shape index (κ1) is 31.3. The summed E-state index contributed by atoms with van der Waals surface area (Å²) in [4.78, 5) is 31.0. The number of aliphatic imine (C=N–C) groups is 2. The van der Waals surface area contributed by atoms with Crippen LogP contribution in [0.2, 0.25) is 0 Å². The topological polar surface area (TPSA) is 133 Å². The molecule has 2 N–H and O–H groups in total. The van der Waals surface area contributed by atoms with Gasteiger partial charge in [0.05, 0.1) is 36.1 Å². The Balaban J connectivity index is 0.000000537. The fraction of sp³-hybridized carbons (Fsp3) is 0.118. The van der Waals surface area contributed by atoms with Gasteiger partial charge in [-0.3, -0.25) is 19.5 Å². The second-order valence-corrected chi connectivity index (χ2v) is 10.1. The molecule has 3 aromatic carbocycles. The Hall–Kier alpha value is -6.09. The number of hydrogen-bond donors (Lipinski definition) is 2. The number of alkyl halides is 3. The van der Waals surface area contributed by atoms with E-state index in [9.17, 15) is 23.2 Å². The monoisotopic (exact) mass is 622 g/mol. The SMILES string of the molecule is N#CCC(c1cccc(C(=O)Nc2ccc(-c3ccccc3)cc2)c1)n1cc(C2=C3C=CN=C3CC=N2)cn1.O=C(O)C(F)(F)F. The molecule has 3 heterocycles. The lowest BCUT2D eigenvalue weighted by Crippen LogP contribution is -2.21. The number of halogens is 3. The Labute approximate surface area is 261 Å². The third kappa shape index (κ3) is 7.34. The van der Waals surface area contributed by atoms with Gasteiger partial charge in [0.25, 0.3) is 5.91 Å². The number of anilines is 1. The number of nitrogens with zero attached hydrogens (tertiary/aromatic N) is 5. The summed E-state index contributed by atoms with van der Waals surface area (Å²) in [7, 11) is 0. The van der Waals surface area contributed by atoms with Crippen molar-refractivity contribution in [2.24, 2.45) is 9.98 Å². The molecular formula is C34H25F3N6O3. The predicted octanol–water partition coefficient (Wildman–Crippen LogP) is 7.09. The molecular weight excluding hydrogens is 597 g/mol. The zero-order valence-corrected chi connectivity index (χ0v) is 24.0. The second kappa shape index (κ2) is 13.7. The van der Waals surface area contributed by atoms with Crippen molar-refractivity contribution in [1.29, 1.82) is 5.26 Å². The molecule has 0 bridgehead atoms. The van der Waals surface area contributed by atoms with Gasteiger partial charge in [-0.2, -0.15) is 23.5 Å². The number of benzene rings is 3. The number of nitrogens with one attached hydrogen (secondary N) is 1. The molecule has 46 heavy (non-hydrogen) atoms. The van der Waals surface area contributed by atoms with E-state index in [2.05, 4.69) is 38.6 Å². The molecule has 0 saturated carbocycles. The Morgan fingerprint density at radius 2 is 1.72 bits per heavy atom. The molecule has 2 aliphatic heterocycles. The number of amides is 1. The lowest BCUT2D eigenvalue weighted by molar-refractivity contribution is -0.192. The molecule has 1 unspecified atom stereocenters. The summed E-state index contributed by atoms with van der Waals surface area (Å²) >= 11 is 0. The van der Waals surface area contributed by atoms with E-state index < -0.39 is 12.1 Å². The molecule has 9 nitrogen and oxygen atoms in total. The van der Waals surface area contributed by atoms with Crippen LogP contribution in [-0.2, 0) is 4.79 Å². The van der Waals surface area contributed by atoms with Gasteiger partial charge >= 0.3 is 12.1 Å². The van der Waals surface area contributed by atoms with Gasteiger partial charge in [0.1, 0.15) is 0 Å². The highest BCUT2D eigenvalue weighted by atomic mass is 19.4. The van der Waals surface area contributed by atoms with E-state index in [1.54, 1.807) is 23.1 Å². The smallest absolute Gasteiger partial charge is 0.475 e. The number of carboxylic acids is 1. The van der Waals surface area contributed by atoms with Crippen LogP contribution in [0.3, 0.4) is 0 Å². The van der Waals surface area contributed by atoms with Crippen LogP contribution in [-0.4, -0.2) is 44.9 Å². The average Bonchev–Trinajstić information content (AvgIpc) is 3.75. The predicted molar refractivity (Wildman–Crippen MR) is 167 cm³/mol. The van der Waals surface area contributed by atoms with Crippen LogP contribution in [0, 0.1) is 11.3 Å². The van der Waals surface area contributed by atoms with Crippen molar-refractivity contribution in [3.05, 3.63) is 126 Å². The van der Waals surface area contributed by atoms with E-state index in [0.29, 0.717) is 17.7 Å². The molecule has 1 atom stereocenters. The number of carbonyl (C=O) groups is 2. The quantitative estimate of drug-likeness (QED) is 0.227. The number of nitriles is 1. The molecule has 1 aromatic heterocycles. The Morgan fingerprint density at radius 3 is 2.41 bits per heavy atom. The van der Waals surface area contributed by atoms with E-state index in [1.807, 2.05) is 79.2 Å². The van der Waals surface area contributed by atoms with Crippen molar-refractivity contribution in [3.8, 4) is 17.2 Å². The van der Waals surface area contributed by atoms with Crippen molar-refractivity contribution in [2.75, 3.05) is 5.32 Å². The van der Waals surface area contributed by atoms with Crippen LogP contribution < -0.4 is 5.32 Å². The van der Waals surface area contributed by atoms with Crippen molar-refractivity contribution >= 4 is 35.2 Å². The largest absolute Gasteiger partial charge is 0.490 e. The van der Waals surface area contributed by atoms with Crippen molar-refractivity contribution in [1.82, 2.24) is 9.78 Å². The van der Waals surface area contributed by atoms with Crippen LogP contribution >= 0.6 is 0 Å². The van der Waals surface area contributed by atoms with Crippen LogP contribution in [0.5, 0.6) is 0 Å². The number of aliphatic carboxylic acids is 1. The molecule has 4 aromatic rings. The zero-order chi connectivity index (χ0) is 32.7. The average molecular weight is 623 g/mol. The molecule has 1 amide bonds. The van der Waals surface area contributed by atoms with Crippen molar-refractivity contribution < 1.29 is 27.9 Å². The maximum atomic E-state index is 13.1. The summed E-state index contributed by atoms with van der Waals surface area (Å²) in [6.45, 7) is 0. The number of allylic oxidation sites excluding steroid dienone is 2. The number of rotatable bonds is 7. The van der Waals surface area contributed by atoms with Gasteiger partial charge in [-0.1, -0.05) is 54.6 Å². The van der Waals surface area contributed by atoms with Crippen LogP contribution in [0.4, 0.5) is 18.9 Å². The molecule has 2 aliphatic rings. The highest BCUT2D eigenvalue weighted by Gasteiger charge is 2.38. The van der Waals surface area contributed by atoms with Gasteiger partial charge in [0, 0.05) is 47.4 Å². The molecule has 0 fully saturated rings. The number of carbonyl (C=O) groups excluding carboxylic acids is 1. The fourth-order valence-corrected chi connectivity index (χ4v) is 4.82. The first-order valence-electron chi connectivity index (χ1n) is 13.9. The molecule has 230 valence electrons. The molecule has 0 saturated heterocycles. The number of carboxylic acid groups (broad SMARTS) is 1. The van der Waals surface area contributed by atoms with Crippen LogP contribution in [0.15, 0.2) is 119 Å². The minimum absolute atomic E-state index is 0.203. The first-order valence-corrected chi connectivity index (χ1v) is 13.9. The number of fused-ring (bicyclic) bond motifs is 1. The highest BCUT2D eigenvalue weighted by molar-refractivity contribution is 6.18. The molecule has 0 radical (unpaired) electrons. The van der Waals surface area contributed by atoms with Crippen LogP contribution in [0.25, 0.3) is 16.8 Å². The third-order valence-electron chi connectivity index (χ3n) is 7.05. The van der Waals surface area contributed by atoms with E-state index in [-0.39, 0.29) is 18.4 Å². The molecule has 0 spiro atoms. The minimum atomic E-state index is -5.08. The zero-order valence-electron chi connectivity index (χ0n) is 24.0. The van der Waals surface area contributed by atoms with Crippen molar-refractivity contribution in [3.63, 3.8) is 0 Å². The van der Waals surface area contributed by atoms with Gasteiger partial charge in [-0.05, 0) is 47.0 Å². The molecule has 6 rings (SSSR count). The summed E-state index contributed by atoms with van der Waals surface area (Å²) in [5, 5.41) is 24.3. The Kier molecular flexibility index (Phi) is 9.33. The lowest BCUT2D eigenvalue weighted by atomic mass is 10.0. The molecule has 0 aliphatic carbocycles. The maximum Gasteiger partial charge on any atom is 0.490 e. The van der Waals surface area contributed by atoms with Crippen molar-refractivity contribution in [2.45, 2.75) is 25.1 Å². The third-order valence-corrected chi connectivity index (χ3v) is 7.05. The Bertz CT molecular complexity index is 1920. The van der Waals surface area contributed by atoms with Crippen LogP contribution in [0.1, 0.15) is 40.4 Å². The Morgan fingerprint density at radius 1 is 1.00 bits per heavy atom. The maximum absolute atomic E-state index is 13.1. The fourth-order valence-electron chi connectivity index (χ4n) is 4.82. The van der Waals surface area contributed by atoms with E-state index in [4.69, 9.17) is 9.90 Å².